The molecule has 1 amide bonds. The number of hydroxylamine groups is 2. The molecule has 1 aliphatic carbocycles. The monoisotopic (exact) mass is 732 g/mol. The quantitative estimate of drug-likeness (QED) is 0.253. The van der Waals surface area contributed by atoms with Crippen molar-refractivity contribution in [1.29, 1.82) is 0 Å². The molecule has 0 bridgehead atoms. The third-order valence-electron chi connectivity index (χ3n) is 6.33. The number of likely N-dealkylation sites (N-methyl/N-ethyl adjacent to an activating group) is 1. The maximum absolute atomic E-state index is 12.4. The van der Waals surface area contributed by atoms with Crippen LogP contribution in [0.25, 0.3) is 0 Å². The number of nitrogens with zero attached hydrogens (tertiary/aromatic N) is 3. The van der Waals surface area contributed by atoms with Gasteiger partial charge in [-0.05, 0) is 62.8 Å². The summed E-state index contributed by atoms with van der Waals surface area (Å²) in [6.45, 7) is 3.29. The van der Waals surface area contributed by atoms with E-state index in [4.69, 9.17) is 15.2 Å². The van der Waals surface area contributed by atoms with E-state index in [9.17, 15) is 10.0 Å². The fourth-order valence-corrected chi connectivity index (χ4v) is 4.07. The maximum atomic E-state index is 12.4. The van der Waals surface area contributed by atoms with Gasteiger partial charge in [0.2, 0.25) is 5.91 Å². The zero-order chi connectivity index (χ0) is 25.8. The summed E-state index contributed by atoms with van der Waals surface area (Å²) in [5.74, 6) is 1.86. The molecular weight excluding hydrogens is 694 g/mol. The molecule has 0 unspecified atom stereocenters. The molecule has 0 aliphatic heterocycles. The summed E-state index contributed by atoms with van der Waals surface area (Å²) in [6, 6.07) is 17.7. The maximum Gasteiger partial charge on any atom is 0.244 e. The number of aryl methyl sites for hydroxylation is 1. The molecule has 198 valence electrons. The smallest absolute Gasteiger partial charge is 0.244 e. The third kappa shape index (κ3) is 10.8. The predicted octanol–water partition coefficient (Wildman–Crippen LogP) is 4.03. The number of hydrogen-bond acceptors (Lipinski definition) is 7. The van der Waals surface area contributed by atoms with Gasteiger partial charge in [-0.2, -0.15) is 0 Å². The molecule has 8 nitrogen and oxygen atoms in total. The number of allylic oxidation sites excluding steroid dienone is 1. The second-order valence-corrected chi connectivity index (χ2v) is 9.19. The van der Waals surface area contributed by atoms with Crippen LogP contribution < -0.4 is 15.2 Å². The second kappa shape index (κ2) is 16.4. The van der Waals surface area contributed by atoms with Gasteiger partial charge in [0, 0.05) is 57.1 Å². The van der Waals surface area contributed by atoms with Crippen molar-refractivity contribution in [3.05, 3.63) is 72.1 Å². The Morgan fingerprint density at radius 2 is 1.76 bits per heavy atom. The van der Waals surface area contributed by atoms with Crippen molar-refractivity contribution in [1.82, 2.24) is 9.96 Å². The summed E-state index contributed by atoms with van der Waals surface area (Å²) < 4.78 is 11.7. The Bertz CT molecular complexity index is 993. The topological polar surface area (TPSA) is 101 Å². The number of carbonyl (C=O) groups is 1. The van der Waals surface area contributed by atoms with Crippen LogP contribution in [0.1, 0.15) is 31.2 Å². The van der Waals surface area contributed by atoms with Crippen LogP contribution in [-0.4, -0.2) is 66.7 Å². The SMILES string of the molecule is Cc1ccc(OCCN(C)C(=O)CN=C/C(=C\N)N(O)CC2CCC(Oc3ccccc3)CC2)cc1.[U]. The van der Waals surface area contributed by atoms with Crippen LogP contribution in [0.4, 0.5) is 0 Å². The number of carbonyl (C=O) groups excluding carboxylic acids is 1. The molecule has 0 heterocycles. The van der Waals surface area contributed by atoms with Gasteiger partial charge < -0.3 is 20.1 Å². The fourth-order valence-electron chi connectivity index (χ4n) is 4.07. The van der Waals surface area contributed by atoms with Crippen LogP contribution in [0.2, 0.25) is 0 Å². The predicted molar refractivity (Wildman–Crippen MR) is 141 cm³/mol. The molecule has 3 rings (SSSR count). The van der Waals surface area contributed by atoms with Crippen molar-refractivity contribution in [2.24, 2.45) is 16.6 Å². The van der Waals surface area contributed by atoms with E-state index in [-0.39, 0.29) is 49.7 Å². The van der Waals surface area contributed by atoms with Gasteiger partial charge in [0.25, 0.3) is 0 Å². The molecular formula is C28H38N4O4U. The summed E-state index contributed by atoms with van der Waals surface area (Å²) in [5, 5.41) is 11.7. The first-order chi connectivity index (χ1) is 17.4. The molecule has 2 aromatic carbocycles. The van der Waals surface area contributed by atoms with E-state index in [0.717, 1.165) is 42.2 Å². The first-order valence-corrected chi connectivity index (χ1v) is 12.5. The minimum absolute atomic E-state index is 0. The van der Waals surface area contributed by atoms with Crippen LogP contribution in [0.3, 0.4) is 0 Å². The Morgan fingerprint density at radius 1 is 1.08 bits per heavy atom. The van der Waals surface area contributed by atoms with E-state index in [1.807, 2.05) is 61.5 Å². The van der Waals surface area contributed by atoms with Crippen molar-refractivity contribution in [3.8, 4) is 11.5 Å². The molecule has 0 atom stereocenters. The van der Waals surface area contributed by atoms with Crippen LogP contribution >= 0.6 is 0 Å². The summed E-state index contributed by atoms with van der Waals surface area (Å²) in [6.07, 6.45) is 6.74. The molecule has 1 saturated carbocycles. The molecule has 0 radical (unpaired) electrons. The standard InChI is InChI=1S/C28H38N4O4.U/c1-22-8-12-25(13-9-22)35-17-16-31(2)28(33)20-30-19-24(18-29)32(34)21-23-10-14-27(15-11-23)36-26-6-4-3-5-7-26;/h3-9,12-13,18-19,23,27,34H,10-11,14-17,20-21,29H2,1-2H3;/b24-18+,30-19?;. The second-order valence-electron chi connectivity index (χ2n) is 9.19. The number of ether oxygens (including phenoxy) is 2. The van der Waals surface area contributed by atoms with Crippen molar-refractivity contribution in [2.45, 2.75) is 38.7 Å². The molecule has 1 aliphatic rings. The van der Waals surface area contributed by atoms with Crippen LogP contribution in [0.5, 0.6) is 11.5 Å². The van der Waals surface area contributed by atoms with Gasteiger partial charge in [-0.15, -0.1) is 0 Å². The van der Waals surface area contributed by atoms with E-state index in [2.05, 4.69) is 4.99 Å². The molecule has 9 heteroatoms. The van der Waals surface area contributed by atoms with E-state index in [1.54, 1.807) is 11.9 Å². The zero-order valence-electron chi connectivity index (χ0n) is 21.8. The number of aliphatic imine (C=N–C) groups is 1. The molecule has 0 spiro atoms. The Balaban J connectivity index is 0.00000481. The van der Waals surface area contributed by atoms with E-state index < -0.39 is 0 Å². The largest absolute Gasteiger partial charge is 0.492 e. The first-order valence-electron chi connectivity index (χ1n) is 12.5. The summed E-state index contributed by atoms with van der Waals surface area (Å²) >= 11 is 0. The molecule has 37 heavy (non-hydrogen) atoms. The van der Waals surface area contributed by atoms with Crippen molar-refractivity contribution < 1.29 is 50.6 Å². The van der Waals surface area contributed by atoms with Crippen molar-refractivity contribution in [2.75, 3.05) is 33.3 Å². The van der Waals surface area contributed by atoms with Gasteiger partial charge in [0.05, 0.1) is 18.3 Å². The number of benzene rings is 2. The molecule has 1 fully saturated rings. The average Bonchev–Trinajstić information content (AvgIpc) is 2.89. The first kappa shape index (κ1) is 30.8. The Labute approximate surface area is 243 Å². The van der Waals surface area contributed by atoms with Crippen molar-refractivity contribution >= 4 is 12.1 Å². The van der Waals surface area contributed by atoms with E-state index >= 15 is 0 Å². The Morgan fingerprint density at radius 3 is 2.41 bits per heavy atom. The average molecular weight is 733 g/mol. The number of nitrogens with two attached hydrogens (primary N) is 1. The van der Waals surface area contributed by atoms with Gasteiger partial charge >= 0.3 is 0 Å². The van der Waals surface area contributed by atoms with E-state index in [0.29, 0.717) is 31.3 Å². The number of para-hydroxylation sites is 1. The van der Waals surface area contributed by atoms with Gasteiger partial charge in [-0.25, -0.2) is 0 Å². The van der Waals surface area contributed by atoms with Crippen LogP contribution in [0.15, 0.2) is 71.5 Å². The number of amides is 1. The van der Waals surface area contributed by atoms with Crippen LogP contribution in [-0.2, 0) is 4.79 Å². The normalized spacial score (nSPS) is 17.6. The van der Waals surface area contributed by atoms with Gasteiger partial charge in [0.15, 0.2) is 0 Å². The number of rotatable bonds is 12. The number of hydrogen-bond donors (Lipinski definition) is 2. The third-order valence-corrected chi connectivity index (χ3v) is 6.33. The van der Waals surface area contributed by atoms with Crippen molar-refractivity contribution in [3.63, 3.8) is 0 Å². The van der Waals surface area contributed by atoms with Gasteiger partial charge in [0.1, 0.15) is 24.7 Å². The molecule has 0 saturated heterocycles. The molecule has 0 aromatic heterocycles. The zero-order valence-corrected chi connectivity index (χ0v) is 25.9. The summed E-state index contributed by atoms with van der Waals surface area (Å²) in [5.41, 5.74) is 7.25. The Hall–Kier alpha value is -2.47. The van der Waals surface area contributed by atoms with Gasteiger partial charge in [-0.1, -0.05) is 35.9 Å². The molecule has 3 N–H and O–H groups in total. The van der Waals surface area contributed by atoms with E-state index in [1.165, 1.54) is 18.0 Å². The summed E-state index contributed by atoms with van der Waals surface area (Å²) in [7, 11) is 1.71. The van der Waals surface area contributed by atoms with Gasteiger partial charge in [-0.3, -0.25) is 20.1 Å². The fraction of sp³-hybridized carbons (Fsp3) is 0.429. The van der Waals surface area contributed by atoms with Crippen LogP contribution in [0, 0.1) is 44.0 Å². The molecule has 2 aromatic rings. The minimum atomic E-state index is -0.142. The minimum Gasteiger partial charge on any atom is -0.492 e. The summed E-state index contributed by atoms with van der Waals surface area (Å²) in [4.78, 5) is 18.1. The Kier molecular flexibility index (Phi) is 13.6.